The van der Waals surface area contributed by atoms with Crippen LogP contribution in [0.3, 0.4) is 0 Å². The first-order chi connectivity index (χ1) is 11.5. The molecule has 1 atom stereocenters. The van der Waals surface area contributed by atoms with E-state index in [1.54, 1.807) is 6.92 Å². The molecule has 2 aromatic rings. The summed E-state index contributed by atoms with van der Waals surface area (Å²) in [5.74, 6) is 0.371. The van der Waals surface area contributed by atoms with E-state index in [0.29, 0.717) is 18.8 Å². The van der Waals surface area contributed by atoms with Crippen LogP contribution in [0, 0.1) is 0 Å². The van der Waals surface area contributed by atoms with E-state index in [1.807, 2.05) is 25.1 Å². The molecule has 0 heterocycles. The molecule has 0 aliphatic rings. The Morgan fingerprint density at radius 3 is 2.08 bits per heavy atom. The lowest BCUT2D eigenvalue weighted by molar-refractivity contribution is -0.151. The Morgan fingerprint density at radius 1 is 0.958 bits per heavy atom. The van der Waals surface area contributed by atoms with Crippen molar-refractivity contribution in [1.29, 1.82) is 0 Å². The Morgan fingerprint density at radius 2 is 1.54 bits per heavy atom. The maximum Gasteiger partial charge on any atom is 0.347 e. The molecule has 0 aromatic heterocycles. The van der Waals surface area contributed by atoms with Crippen LogP contribution in [-0.4, -0.2) is 18.7 Å². The van der Waals surface area contributed by atoms with Crippen LogP contribution in [0.25, 0.3) is 0 Å². The van der Waals surface area contributed by atoms with Crippen LogP contribution in [-0.2, 0) is 14.9 Å². The van der Waals surface area contributed by atoms with E-state index >= 15 is 0 Å². The molecule has 2 aromatic carbocycles. The molecule has 0 fully saturated rings. The first-order valence-electron chi connectivity index (χ1n) is 8.48. The summed E-state index contributed by atoms with van der Waals surface area (Å²) in [5.41, 5.74) is 2.37. The predicted octanol–water partition coefficient (Wildman–Crippen LogP) is 4.73. The topological polar surface area (TPSA) is 35.5 Å². The van der Waals surface area contributed by atoms with E-state index in [2.05, 4.69) is 50.2 Å². The summed E-state index contributed by atoms with van der Waals surface area (Å²) in [7, 11) is 0. The summed E-state index contributed by atoms with van der Waals surface area (Å²) in [4.78, 5) is 11.8. The molecule has 3 nitrogen and oxygen atoms in total. The summed E-state index contributed by atoms with van der Waals surface area (Å²) in [6, 6.07) is 18.4. The number of benzene rings is 2. The molecular weight excluding hydrogens is 300 g/mol. The van der Waals surface area contributed by atoms with Crippen LogP contribution in [0.4, 0.5) is 0 Å². The normalized spacial score (nSPS) is 12.5. The zero-order valence-electron chi connectivity index (χ0n) is 14.9. The van der Waals surface area contributed by atoms with Gasteiger partial charge in [0.15, 0.2) is 6.10 Å². The quantitative estimate of drug-likeness (QED) is 0.690. The van der Waals surface area contributed by atoms with Crippen molar-refractivity contribution in [3.63, 3.8) is 0 Å². The lowest BCUT2D eigenvalue weighted by Gasteiger charge is -2.26. The van der Waals surface area contributed by atoms with Crippen molar-refractivity contribution in [2.75, 3.05) is 6.61 Å². The second kappa shape index (κ2) is 8.00. The van der Waals surface area contributed by atoms with Gasteiger partial charge in [0.2, 0.25) is 0 Å². The summed E-state index contributed by atoms with van der Waals surface area (Å²) >= 11 is 0. The Bertz CT molecular complexity index is 645. The van der Waals surface area contributed by atoms with Gasteiger partial charge in [0.1, 0.15) is 5.75 Å². The number of esters is 1. The highest BCUT2D eigenvalue weighted by Gasteiger charge is 2.23. The molecule has 0 amide bonds. The maximum absolute atomic E-state index is 11.8. The first-order valence-corrected chi connectivity index (χ1v) is 8.48. The van der Waals surface area contributed by atoms with E-state index < -0.39 is 6.10 Å². The molecule has 0 radical (unpaired) electrons. The average molecular weight is 326 g/mol. The number of carbonyl (C=O) groups is 1. The van der Waals surface area contributed by atoms with Gasteiger partial charge in [-0.25, -0.2) is 4.79 Å². The summed E-state index contributed by atoms with van der Waals surface area (Å²) in [5, 5.41) is 0. The second-order valence-corrected chi connectivity index (χ2v) is 6.28. The highest BCUT2D eigenvalue weighted by Crippen LogP contribution is 2.32. The van der Waals surface area contributed by atoms with Crippen LogP contribution >= 0.6 is 0 Å². The van der Waals surface area contributed by atoms with E-state index in [9.17, 15) is 4.79 Å². The van der Waals surface area contributed by atoms with E-state index in [0.717, 1.165) is 0 Å². The molecule has 24 heavy (non-hydrogen) atoms. The molecule has 0 saturated heterocycles. The van der Waals surface area contributed by atoms with Crippen molar-refractivity contribution < 1.29 is 14.3 Å². The predicted molar refractivity (Wildman–Crippen MR) is 96.4 cm³/mol. The van der Waals surface area contributed by atoms with Crippen molar-refractivity contribution in [2.24, 2.45) is 0 Å². The van der Waals surface area contributed by atoms with Gasteiger partial charge in [-0.15, -0.1) is 0 Å². The van der Waals surface area contributed by atoms with Crippen LogP contribution in [0.15, 0.2) is 54.6 Å². The summed E-state index contributed by atoms with van der Waals surface area (Å²) < 4.78 is 10.8. The van der Waals surface area contributed by atoms with Gasteiger partial charge in [-0.3, -0.25) is 0 Å². The SMILES string of the molecule is CCOC(=O)C(CC)Oc1ccc(C(C)(C)c2ccccc2)cc1. The van der Waals surface area contributed by atoms with Crippen molar-refractivity contribution >= 4 is 5.97 Å². The fourth-order valence-electron chi connectivity index (χ4n) is 2.67. The molecule has 3 heteroatoms. The third kappa shape index (κ3) is 4.16. The summed E-state index contributed by atoms with van der Waals surface area (Å²) in [6.45, 7) is 8.47. The fourth-order valence-corrected chi connectivity index (χ4v) is 2.67. The van der Waals surface area contributed by atoms with Crippen molar-refractivity contribution in [3.8, 4) is 5.75 Å². The zero-order valence-corrected chi connectivity index (χ0v) is 14.9. The molecule has 0 N–H and O–H groups in total. The number of carbonyl (C=O) groups excluding carboxylic acids is 1. The summed E-state index contributed by atoms with van der Waals surface area (Å²) in [6.07, 6.45) is 0.0220. The second-order valence-electron chi connectivity index (χ2n) is 6.28. The van der Waals surface area contributed by atoms with Gasteiger partial charge >= 0.3 is 5.97 Å². The minimum atomic E-state index is -0.557. The van der Waals surface area contributed by atoms with Gasteiger partial charge in [0, 0.05) is 5.41 Å². The fraction of sp³-hybridized carbons (Fsp3) is 0.381. The van der Waals surface area contributed by atoms with Gasteiger partial charge in [-0.1, -0.05) is 63.2 Å². The third-order valence-electron chi connectivity index (χ3n) is 4.27. The molecule has 2 rings (SSSR count). The number of hydrogen-bond acceptors (Lipinski definition) is 3. The highest BCUT2D eigenvalue weighted by molar-refractivity contribution is 5.75. The van der Waals surface area contributed by atoms with Crippen molar-refractivity contribution in [3.05, 3.63) is 65.7 Å². The van der Waals surface area contributed by atoms with Crippen LogP contribution in [0.5, 0.6) is 5.75 Å². The van der Waals surface area contributed by atoms with Gasteiger partial charge in [0.25, 0.3) is 0 Å². The number of ether oxygens (including phenoxy) is 2. The lowest BCUT2D eigenvalue weighted by atomic mass is 9.78. The van der Waals surface area contributed by atoms with Gasteiger partial charge in [-0.05, 0) is 36.6 Å². The Kier molecular flexibility index (Phi) is 6.02. The monoisotopic (exact) mass is 326 g/mol. The average Bonchev–Trinajstić information content (AvgIpc) is 2.61. The van der Waals surface area contributed by atoms with Gasteiger partial charge in [-0.2, -0.15) is 0 Å². The smallest absolute Gasteiger partial charge is 0.347 e. The largest absolute Gasteiger partial charge is 0.479 e. The lowest BCUT2D eigenvalue weighted by Crippen LogP contribution is -2.28. The highest BCUT2D eigenvalue weighted by atomic mass is 16.6. The molecule has 0 spiro atoms. The van der Waals surface area contributed by atoms with Crippen molar-refractivity contribution in [2.45, 2.75) is 45.6 Å². The number of hydrogen-bond donors (Lipinski definition) is 0. The van der Waals surface area contributed by atoms with Crippen LogP contribution < -0.4 is 4.74 Å². The van der Waals surface area contributed by atoms with Crippen LogP contribution in [0.1, 0.15) is 45.2 Å². The maximum atomic E-state index is 11.8. The van der Waals surface area contributed by atoms with E-state index in [4.69, 9.17) is 9.47 Å². The number of rotatable bonds is 7. The molecule has 1 unspecified atom stereocenters. The minimum absolute atomic E-state index is 0.0922. The minimum Gasteiger partial charge on any atom is -0.479 e. The zero-order chi connectivity index (χ0) is 17.6. The van der Waals surface area contributed by atoms with Gasteiger partial charge < -0.3 is 9.47 Å². The van der Waals surface area contributed by atoms with Crippen molar-refractivity contribution in [1.82, 2.24) is 0 Å². The Hall–Kier alpha value is -2.29. The van der Waals surface area contributed by atoms with E-state index in [-0.39, 0.29) is 11.4 Å². The third-order valence-corrected chi connectivity index (χ3v) is 4.27. The molecule has 0 saturated carbocycles. The molecular formula is C21H26O3. The molecule has 0 aliphatic carbocycles. The van der Waals surface area contributed by atoms with Gasteiger partial charge in [0.05, 0.1) is 6.61 Å². The molecule has 128 valence electrons. The first kappa shape index (κ1) is 18.1. The standard InChI is InChI=1S/C21H26O3/c1-5-19(20(22)23-6-2)24-18-14-12-17(13-15-18)21(3,4)16-10-8-7-9-11-16/h7-15,19H,5-6H2,1-4H3. The molecule has 0 aliphatic heterocycles. The Labute approximate surface area is 144 Å². The Balaban J connectivity index is 2.14. The van der Waals surface area contributed by atoms with E-state index in [1.165, 1.54) is 11.1 Å². The van der Waals surface area contributed by atoms with Crippen LogP contribution in [0.2, 0.25) is 0 Å². The molecule has 0 bridgehead atoms.